The number of H-pyrrole nitrogens is 1. The van der Waals surface area contributed by atoms with Gasteiger partial charge in [0.15, 0.2) is 5.82 Å². The van der Waals surface area contributed by atoms with Gasteiger partial charge in [0.25, 0.3) is 0 Å². The van der Waals surface area contributed by atoms with Gasteiger partial charge in [-0.2, -0.15) is 0 Å². The van der Waals surface area contributed by atoms with Crippen molar-refractivity contribution in [1.29, 1.82) is 0 Å². The third-order valence-electron chi connectivity index (χ3n) is 3.96. The minimum Gasteiger partial charge on any atom is -0.344 e. The van der Waals surface area contributed by atoms with E-state index in [1.807, 2.05) is 12.1 Å². The molecule has 4 rings (SSSR count). The fraction of sp³-hybridized carbons (Fsp3) is 0.222. The van der Waals surface area contributed by atoms with Crippen LogP contribution in [0, 0.1) is 5.82 Å². The maximum Gasteiger partial charge on any atom is 0.217 e. The Morgan fingerprint density at radius 3 is 2.36 bits per heavy atom. The number of hydrogen-bond donors (Lipinski definition) is 2. The minimum atomic E-state index is -0.602. The number of nitrogens with one attached hydrogen (secondary N) is 1. The number of benzene rings is 1. The van der Waals surface area contributed by atoms with Crippen molar-refractivity contribution in [2.24, 2.45) is 5.73 Å². The fourth-order valence-corrected chi connectivity index (χ4v) is 2.72. The summed E-state index contributed by atoms with van der Waals surface area (Å²) >= 11 is 0. The smallest absolute Gasteiger partial charge is 0.217 e. The molecule has 1 aliphatic rings. The van der Waals surface area contributed by atoms with E-state index in [0.717, 1.165) is 16.8 Å². The van der Waals surface area contributed by atoms with Gasteiger partial charge in [-0.25, -0.2) is 9.37 Å². The van der Waals surface area contributed by atoms with Gasteiger partial charge < -0.3 is 20.2 Å². The van der Waals surface area contributed by atoms with E-state index in [4.69, 9.17) is 15.2 Å². The fourth-order valence-electron chi connectivity index (χ4n) is 2.72. The van der Waals surface area contributed by atoms with Gasteiger partial charge in [0.05, 0.1) is 30.6 Å². The quantitative estimate of drug-likeness (QED) is 0.765. The molecule has 0 unspecified atom stereocenters. The van der Waals surface area contributed by atoms with Gasteiger partial charge in [-0.15, -0.1) is 0 Å². The van der Waals surface area contributed by atoms with E-state index < -0.39 is 6.29 Å². The lowest BCUT2D eigenvalue weighted by molar-refractivity contribution is -0.193. The second-order valence-corrected chi connectivity index (χ2v) is 5.85. The van der Waals surface area contributed by atoms with Gasteiger partial charge in [-0.1, -0.05) is 0 Å². The van der Waals surface area contributed by atoms with Gasteiger partial charge in [0.2, 0.25) is 6.29 Å². The molecule has 3 N–H and O–H groups in total. The van der Waals surface area contributed by atoms with E-state index in [2.05, 4.69) is 15.0 Å². The normalized spacial score (nSPS) is 20.6. The number of rotatable bonds is 3. The van der Waals surface area contributed by atoms with Crippen LogP contribution in [0.4, 0.5) is 4.39 Å². The van der Waals surface area contributed by atoms with Crippen LogP contribution >= 0.6 is 0 Å². The van der Waals surface area contributed by atoms with Gasteiger partial charge in [0, 0.05) is 23.5 Å². The van der Waals surface area contributed by atoms with Crippen LogP contribution in [0.2, 0.25) is 0 Å². The lowest BCUT2D eigenvalue weighted by Crippen LogP contribution is -2.38. The third kappa shape index (κ3) is 3.30. The maximum atomic E-state index is 13.3. The number of aromatic nitrogens is 3. The Bertz CT molecular complexity index is 843. The van der Waals surface area contributed by atoms with Crippen LogP contribution < -0.4 is 5.73 Å². The largest absolute Gasteiger partial charge is 0.344 e. The minimum absolute atomic E-state index is 0.137. The van der Waals surface area contributed by atoms with Crippen molar-refractivity contribution in [3.05, 3.63) is 60.4 Å². The lowest BCUT2D eigenvalue weighted by Gasteiger charge is -2.25. The number of imidazole rings is 1. The van der Waals surface area contributed by atoms with Crippen molar-refractivity contribution in [3.63, 3.8) is 0 Å². The van der Waals surface area contributed by atoms with Crippen molar-refractivity contribution in [3.8, 4) is 22.5 Å². The van der Waals surface area contributed by atoms with E-state index in [-0.39, 0.29) is 11.9 Å². The molecule has 25 heavy (non-hydrogen) atoms. The first-order valence-electron chi connectivity index (χ1n) is 7.96. The first-order chi connectivity index (χ1) is 12.2. The first-order valence-corrected chi connectivity index (χ1v) is 7.96. The Balaban J connectivity index is 1.77. The highest BCUT2D eigenvalue weighted by Gasteiger charge is 2.26. The molecule has 1 fully saturated rings. The number of nitrogens with zero attached hydrogens (tertiary/aromatic N) is 2. The van der Waals surface area contributed by atoms with Crippen molar-refractivity contribution in [2.45, 2.75) is 12.3 Å². The Morgan fingerprint density at radius 1 is 1.00 bits per heavy atom. The summed E-state index contributed by atoms with van der Waals surface area (Å²) in [5, 5.41) is 0. The van der Waals surface area contributed by atoms with Crippen LogP contribution in [0.15, 0.2) is 48.8 Å². The molecule has 1 aromatic carbocycles. The van der Waals surface area contributed by atoms with Crippen LogP contribution in [0.25, 0.3) is 22.5 Å². The Labute approximate surface area is 143 Å². The topological polar surface area (TPSA) is 86.0 Å². The number of pyridine rings is 1. The summed E-state index contributed by atoms with van der Waals surface area (Å²) in [6, 6.07) is 9.82. The Hall–Kier alpha value is -2.61. The second-order valence-electron chi connectivity index (χ2n) is 5.85. The highest BCUT2D eigenvalue weighted by atomic mass is 19.1. The zero-order valence-corrected chi connectivity index (χ0v) is 13.4. The summed E-state index contributed by atoms with van der Waals surface area (Å²) in [7, 11) is 0. The molecule has 1 saturated heterocycles. The molecular formula is C18H17FN4O2. The average molecular weight is 340 g/mol. The van der Waals surface area contributed by atoms with Crippen molar-refractivity contribution in [2.75, 3.05) is 13.2 Å². The molecule has 7 heteroatoms. The second kappa shape index (κ2) is 6.72. The molecule has 0 atom stereocenters. The monoisotopic (exact) mass is 340 g/mol. The van der Waals surface area contributed by atoms with Crippen molar-refractivity contribution in [1.82, 2.24) is 15.0 Å². The highest BCUT2D eigenvalue weighted by molar-refractivity contribution is 5.78. The predicted molar refractivity (Wildman–Crippen MR) is 89.8 cm³/mol. The Kier molecular flexibility index (Phi) is 4.27. The van der Waals surface area contributed by atoms with E-state index in [1.165, 1.54) is 12.1 Å². The summed E-state index contributed by atoms with van der Waals surface area (Å²) in [5.41, 5.74) is 8.99. The SMILES string of the molecule is NC1COC(c2nc(-c3ccc(F)cc3)c(-c3ccncc3)[nH]2)OC1. The number of halogens is 1. The molecule has 3 heterocycles. The summed E-state index contributed by atoms with van der Waals surface area (Å²) in [5.74, 6) is 0.260. The zero-order valence-electron chi connectivity index (χ0n) is 13.4. The zero-order chi connectivity index (χ0) is 17.2. The van der Waals surface area contributed by atoms with E-state index in [0.29, 0.717) is 24.7 Å². The number of hydrogen-bond acceptors (Lipinski definition) is 5. The van der Waals surface area contributed by atoms with Crippen molar-refractivity contribution >= 4 is 0 Å². The van der Waals surface area contributed by atoms with Gasteiger partial charge in [-0.3, -0.25) is 4.98 Å². The number of aromatic amines is 1. The molecule has 0 aliphatic carbocycles. The molecule has 0 radical (unpaired) electrons. The number of nitrogens with two attached hydrogens (primary N) is 1. The first kappa shape index (κ1) is 15.9. The molecule has 0 amide bonds. The Morgan fingerprint density at radius 2 is 1.68 bits per heavy atom. The number of ether oxygens (including phenoxy) is 2. The van der Waals surface area contributed by atoms with E-state index in [1.54, 1.807) is 24.5 Å². The summed E-state index contributed by atoms with van der Waals surface area (Å²) in [6.45, 7) is 0.809. The van der Waals surface area contributed by atoms with Crippen LogP contribution in [0.1, 0.15) is 12.1 Å². The standard InChI is InChI=1S/C18H17FN4O2/c19-13-3-1-11(2-4-13)15-16(12-5-7-21-8-6-12)23-17(22-15)18-24-9-14(20)10-25-18/h1-8,14,18H,9-10,20H2,(H,22,23). The van der Waals surface area contributed by atoms with Gasteiger partial charge in [0.1, 0.15) is 5.82 Å². The highest BCUT2D eigenvalue weighted by Crippen LogP contribution is 2.33. The lowest BCUT2D eigenvalue weighted by atomic mass is 10.1. The predicted octanol–water partition coefficient (Wildman–Crippen LogP) is 2.65. The summed E-state index contributed by atoms with van der Waals surface area (Å²) in [4.78, 5) is 12.0. The van der Waals surface area contributed by atoms with Gasteiger partial charge in [-0.05, 0) is 36.4 Å². The van der Waals surface area contributed by atoms with Crippen LogP contribution in [-0.4, -0.2) is 34.2 Å². The third-order valence-corrected chi connectivity index (χ3v) is 3.96. The van der Waals surface area contributed by atoms with Gasteiger partial charge >= 0.3 is 0 Å². The van der Waals surface area contributed by atoms with E-state index >= 15 is 0 Å². The maximum absolute atomic E-state index is 13.3. The molecule has 128 valence electrons. The molecule has 2 aromatic heterocycles. The average Bonchev–Trinajstić information content (AvgIpc) is 3.09. The van der Waals surface area contributed by atoms with Crippen LogP contribution in [-0.2, 0) is 9.47 Å². The summed E-state index contributed by atoms with van der Waals surface area (Å²) in [6.07, 6.45) is 2.81. The van der Waals surface area contributed by atoms with Crippen LogP contribution in [0.5, 0.6) is 0 Å². The van der Waals surface area contributed by atoms with E-state index in [9.17, 15) is 4.39 Å². The molecule has 0 spiro atoms. The molecular weight excluding hydrogens is 323 g/mol. The molecule has 0 bridgehead atoms. The molecule has 3 aromatic rings. The molecule has 0 saturated carbocycles. The molecule has 6 nitrogen and oxygen atoms in total. The summed E-state index contributed by atoms with van der Waals surface area (Å²) < 4.78 is 24.5. The molecule has 1 aliphatic heterocycles. The van der Waals surface area contributed by atoms with Crippen LogP contribution in [0.3, 0.4) is 0 Å². The van der Waals surface area contributed by atoms with Crippen molar-refractivity contribution < 1.29 is 13.9 Å².